The monoisotopic (exact) mass is 537 g/mol. The zero-order valence-electron chi connectivity index (χ0n) is 24.5. The number of amides is 1. The Balaban J connectivity index is 1.36. The van der Waals surface area contributed by atoms with Gasteiger partial charge in [-0.15, -0.1) is 0 Å². The summed E-state index contributed by atoms with van der Waals surface area (Å²) in [6.07, 6.45) is 11.9. The number of rotatable bonds is 8. The van der Waals surface area contributed by atoms with Gasteiger partial charge in [0.15, 0.2) is 11.5 Å². The summed E-state index contributed by atoms with van der Waals surface area (Å²) in [5, 5.41) is 22.6. The Morgan fingerprint density at radius 3 is 2.49 bits per heavy atom. The largest absolute Gasteiger partial charge is 0.493 e. The number of carbonyl (C=O) groups excluding carboxylic acids is 1. The molecular formula is C33H47NO5. The van der Waals surface area contributed by atoms with Gasteiger partial charge in [0.25, 0.3) is 0 Å². The molecule has 1 aromatic carbocycles. The molecule has 0 radical (unpaired) electrons. The molecule has 0 bridgehead atoms. The van der Waals surface area contributed by atoms with Crippen LogP contribution in [0.3, 0.4) is 0 Å². The maximum Gasteiger partial charge on any atom is 0.227 e. The van der Waals surface area contributed by atoms with Crippen LogP contribution in [0.2, 0.25) is 0 Å². The maximum absolute atomic E-state index is 13.6. The van der Waals surface area contributed by atoms with Crippen molar-refractivity contribution in [2.24, 2.45) is 22.7 Å². The molecule has 6 atom stereocenters. The molecule has 3 fully saturated rings. The molecule has 5 rings (SSSR count). The van der Waals surface area contributed by atoms with Gasteiger partial charge in [-0.3, -0.25) is 4.79 Å². The van der Waals surface area contributed by atoms with Gasteiger partial charge >= 0.3 is 0 Å². The van der Waals surface area contributed by atoms with Crippen LogP contribution < -0.4 is 9.47 Å². The molecule has 0 aromatic heterocycles. The Morgan fingerprint density at radius 1 is 1.03 bits per heavy atom. The third-order valence-corrected chi connectivity index (χ3v) is 11.0. The summed E-state index contributed by atoms with van der Waals surface area (Å²) in [6.45, 7) is 7.78. The average Bonchev–Trinajstić information content (AvgIpc) is 3.18. The van der Waals surface area contributed by atoms with E-state index in [1.807, 2.05) is 23.1 Å². The van der Waals surface area contributed by atoms with Crippen LogP contribution in [0.15, 0.2) is 41.5 Å². The van der Waals surface area contributed by atoms with Crippen LogP contribution in [-0.4, -0.2) is 60.0 Å². The van der Waals surface area contributed by atoms with Gasteiger partial charge in [0.2, 0.25) is 5.91 Å². The number of fused-ring (bicyclic) bond motifs is 5. The smallest absolute Gasteiger partial charge is 0.227 e. The number of aliphatic hydroxyl groups excluding tert-OH is 1. The van der Waals surface area contributed by atoms with Crippen LogP contribution in [-0.2, 0) is 11.2 Å². The number of methoxy groups -OCH3 is 2. The number of benzene rings is 1. The first-order valence-corrected chi connectivity index (χ1v) is 14.9. The minimum Gasteiger partial charge on any atom is -0.493 e. The van der Waals surface area contributed by atoms with Gasteiger partial charge in [0, 0.05) is 18.5 Å². The molecule has 0 heterocycles. The van der Waals surface area contributed by atoms with Crippen molar-refractivity contribution in [2.75, 3.05) is 27.3 Å². The summed E-state index contributed by atoms with van der Waals surface area (Å²) < 4.78 is 10.8. The summed E-state index contributed by atoms with van der Waals surface area (Å²) >= 11 is 0. The molecule has 6 unspecified atom stereocenters. The van der Waals surface area contributed by atoms with Crippen molar-refractivity contribution in [3.8, 4) is 11.5 Å². The van der Waals surface area contributed by atoms with Crippen molar-refractivity contribution in [2.45, 2.75) is 90.3 Å². The highest BCUT2D eigenvalue weighted by Crippen LogP contribution is 2.66. The fraction of sp³-hybridized carbons (Fsp3) is 0.667. The lowest BCUT2D eigenvalue weighted by atomic mass is 9.50. The van der Waals surface area contributed by atoms with Gasteiger partial charge in [-0.1, -0.05) is 50.1 Å². The van der Waals surface area contributed by atoms with E-state index in [2.05, 4.69) is 32.9 Å². The minimum absolute atomic E-state index is 0.0379. The molecule has 0 saturated heterocycles. The molecule has 0 spiro atoms. The zero-order chi connectivity index (χ0) is 28.0. The standard InChI is InChI=1S/C33H47NO5/c1-6-17-34(30(36)19-22-7-10-28(38-4)29(18-22)39-5)21-33(37)16-13-27-25-9-8-23-20-24(35)11-14-31(23,2)26(25)12-15-32(27,33)3/h7-10,18,24,26-27,35,37H,6,11-17,19-21H2,1-5H3. The second-order valence-corrected chi connectivity index (χ2v) is 13.0. The molecule has 214 valence electrons. The zero-order valence-corrected chi connectivity index (χ0v) is 24.5. The molecule has 1 aromatic rings. The van der Waals surface area contributed by atoms with E-state index in [9.17, 15) is 15.0 Å². The van der Waals surface area contributed by atoms with Crippen molar-refractivity contribution >= 4 is 5.91 Å². The van der Waals surface area contributed by atoms with E-state index in [0.717, 1.165) is 50.5 Å². The van der Waals surface area contributed by atoms with Gasteiger partial charge < -0.3 is 24.6 Å². The Bertz CT molecular complexity index is 1160. The normalized spacial score (nSPS) is 35.2. The number of carbonyl (C=O) groups is 1. The second kappa shape index (κ2) is 10.6. The first-order valence-electron chi connectivity index (χ1n) is 14.9. The van der Waals surface area contributed by atoms with E-state index in [-0.39, 0.29) is 29.3 Å². The quantitative estimate of drug-likeness (QED) is 0.460. The van der Waals surface area contributed by atoms with Gasteiger partial charge in [0.1, 0.15) is 0 Å². The molecule has 6 heteroatoms. The first kappa shape index (κ1) is 28.2. The molecule has 1 amide bonds. The number of aliphatic hydroxyl groups is 2. The lowest BCUT2D eigenvalue weighted by Crippen LogP contribution is -2.57. The second-order valence-electron chi connectivity index (χ2n) is 13.0. The molecule has 0 aliphatic heterocycles. The number of nitrogens with zero attached hydrogens (tertiary/aromatic N) is 1. The van der Waals surface area contributed by atoms with E-state index < -0.39 is 5.60 Å². The maximum atomic E-state index is 13.6. The fourth-order valence-corrected chi connectivity index (χ4v) is 8.51. The van der Waals surface area contributed by atoms with Crippen molar-refractivity contribution in [3.05, 3.63) is 47.1 Å². The van der Waals surface area contributed by atoms with Crippen LogP contribution in [0.1, 0.15) is 77.7 Å². The van der Waals surface area contributed by atoms with Crippen LogP contribution in [0.5, 0.6) is 11.5 Å². The van der Waals surface area contributed by atoms with E-state index in [1.165, 1.54) is 11.1 Å². The predicted octanol–water partition coefficient (Wildman–Crippen LogP) is 5.46. The third-order valence-electron chi connectivity index (χ3n) is 11.0. The van der Waals surface area contributed by atoms with E-state index in [4.69, 9.17) is 9.47 Å². The van der Waals surface area contributed by atoms with Crippen LogP contribution in [0, 0.1) is 22.7 Å². The van der Waals surface area contributed by atoms with Gasteiger partial charge in [-0.05, 0) is 86.3 Å². The highest BCUT2D eigenvalue weighted by atomic mass is 16.5. The van der Waals surface area contributed by atoms with E-state index in [1.54, 1.807) is 14.2 Å². The van der Waals surface area contributed by atoms with E-state index >= 15 is 0 Å². The predicted molar refractivity (Wildman–Crippen MR) is 153 cm³/mol. The number of hydrogen-bond acceptors (Lipinski definition) is 5. The minimum atomic E-state index is -0.917. The van der Waals surface area contributed by atoms with Crippen LogP contribution in [0.25, 0.3) is 0 Å². The van der Waals surface area contributed by atoms with Crippen molar-refractivity contribution in [3.63, 3.8) is 0 Å². The molecular weight excluding hydrogens is 490 g/mol. The third kappa shape index (κ3) is 4.72. The molecule has 2 N–H and O–H groups in total. The van der Waals surface area contributed by atoms with E-state index in [0.29, 0.717) is 42.8 Å². The fourth-order valence-electron chi connectivity index (χ4n) is 8.51. The Morgan fingerprint density at radius 2 is 1.77 bits per heavy atom. The average molecular weight is 538 g/mol. The topological polar surface area (TPSA) is 79.2 Å². The summed E-state index contributed by atoms with van der Waals surface area (Å²) in [5.41, 5.74) is 2.72. The Hall–Kier alpha value is -2.31. The summed E-state index contributed by atoms with van der Waals surface area (Å²) in [6, 6.07) is 5.62. The van der Waals surface area contributed by atoms with Gasteiger partial charge in [-0.2, -0.15) is 0 Å². The lowest BCUT2D eigenvalue weighted by molar-refractivity contribution is -0.142. The van der Waals surface area contributed by atoms with Crippen LogP contribution >= 0.6 is 0 Å². The first-order chi connectivity index (χ1) is 18.6. The van der Waals surface area contributed by atoms with Crippen molar-refractivity contribution in [1.29, 1.82) is 0 Å². The molecule has 4 aliphatic carbocycles. The summed E-state index contributed by atoms with van der Waals surface area (Å²) in [5.74, 6) is 2.11. The van der Waals surface area contributed by atoms with Crippen molar-refractivity contribution < 1.29 is 24.5 Å². The lowest BCUT2D eigenvalue weighted by Gasteiger charge is -2.56. The summed E-state index contributed by atoms with van der Waals surface area (Å²) in [7, 11) is 3.21. The Labute approximate surface area is 234 Å². The molecule has 6 nitrogen and oxygen atoms in total. The Kier molecular flexibility index (Phi) is 7.66. The summed E-state index contributed by atoms with van der Waals surface area (Å²) in [4.78, 5) is 15.5. The SMILES string of the molecule is CCCN(CC1(O)CCC2C3=CC=C4CC(O)CCC4(C)C3CCC21C)C(=O)Cc1ccc(OC)c(OC)c1. The highest BCUT2D eigenvalue weighted by molar-refractivity contribution is 5.79. The number of hydrogen-bond donors (Lipinski definition) is 2. The van der Waals surface area contributed by atoms with Crippen molar-refractivity contribution in [1.82, 2.24) is 4.90 Å². The molecule has 4 aliphatic rings. The van der Waals surface area contributed by atoms with Gasteiger partial charge in [0.05, 0.1) is 32.3 Å². The molecule has 39 heavy (non-hydrogen) atoms. The van der Waals surface area contributed by atoms with Crippen LogP contribution in [0.4, 0.5) is 0 Å². The number of allylic oxidation sites excluding steroid dienone is 3. The molecule has 3 saturated carbocycles. The number of ether oxygens (including phenoxy) is 2. The van der Waals surface area contributed by atoms with Gasteiger partial charge in [-0.25, -0.2) is 0 Å². The highest BCUT2D eigenvalue weighted by Gasteiger charge is 2.62.